The summed E-state index contributed by atoms with van der Waals surface area (Å²) in [5.41, 5.74) is 0.337. The summed E-state index contributed by atoms with van der Waals surface area (Å²) in [7, 11) is -3.87. The molecule has 4 nitrogen and oxygen atoms in total. The molecule has 0 saturated heterocycles. The highest BCUT2D eigenvalue weighted by atomic mass is 32.2. The topological polar surface area (TPSA) is 63.6 Å². The number of sulfone groups is 1. The smallest absolute Gasteiger partial charge is 0.267 e. The van der Waals surface area contributed by atoms with Crippen molar-refractivity contribution in [2.45, 2.75) is 4.90 Å². The summed E-state index contributed by atoms with van der Waals surface area (Å²) in [6, 6.07) is 11.1. The molecule has 6 heteroatoms. The zero-order valence-electron chi connectivity index (χ0n) is 11.2. The highest BCUT2D eigenvalue weighted by Crippen LogP contribution is 2.31. The summed E-state index contributed by atoms with van der Waals surface area (Å²) in [6.07, 6.45) is 0.896. The van der Waals surface area contributed by atoms with Crippen LogP contribution in [-0.4, -0.2) is 27.3 Å². The van der Waals surface area contributed by atoms with E-state index in [9.17, 15) is 17.6 Å². The first-order chi connectivity index (χ1) is 9.86. The zero-order valence-corrected chi connectivity index (χ0v) is 12.0. The molecule has 0 heterocycles. The van der Waals surface area contributed by atoms with E-state index in [1.54, 1.807) is 30.3 Å². The predicted octanol–water partition coefficient (Wildman–Crippen LogP) is 2.74. The van der Waals surface area contributed by atoms with Crippen LogP contribution in [0.25, 0.3) is 11.1 Å². The van der Waals surface area contributed by atoms with Gasteiger partial charge in [-0.15, -0.1) is 0 Å². The molecule has 0 aliphatic rings. The first-order valence-electron chi connectivity index (χ1n) is 5.95. The van der Waals surface area contributed by atoms with E-state index < -0.39 is 32.0 Å². The van der Waals surface area contributed by atoms with Crippen LogP contribution in [0.2, 0.25) is 0 Å². The van der Waals surface area contributed by atoms with E-state index in [-0.39, 0.29) is 5.56 Å². The summed E-state index contributed by atoms with van der Waals surface area (Å²) >= 11 is 0. The maximum atomic E-state index is 14.5. The van der Waals surface area contributed by atoms with Crippen molar-refractivity contribution >= 4 is 22.5 Å². The fourth-order valence-electron chi connectivity index (χ4n) is 2.01. The van der Waals surface area contributed by atoms with Crippen molar-refractivity contribution in [3.05, 3.63) is 53.8 Å². The quantitative estimate of drug-likeness (QED) is 0.819. The molecule has 2 rings (SSSR count). The Morgan fingerprint density at radius 2 is 1.76 bits per heavy atom. The highest BCUT2D eigenvalue weighted by Gasteiger charge is 2.25. The second-order valence-corrected chi connectivity index (χ2v) is 6.36. The molecule has 2 aromatic rings. The first-order valence-corrected chi connectivity index (χ1v) is 7.84. The molecule has 0 aromatic heterocycles. The van der Waals surface area contributed by atoms with Gasteiger partial charge in [-0.05, 0) is 18.3 Å². The van der Waals surface area contributed by atoms with Crippen LogP contribution in [0.15, 0.2) is 52.4 Å². The minimum absolute atomic E-state index is 0.205. The molecule has 21 heavy (non-hydrogen) atoms. The van der Waals surface area contributed by atoms with Crippen LogP contribution in [-0.2, 0) is 9.84 Å². The van der Waals surface area contributed by atoms with Gasteiger partial charge in [-0.1, -0.05) is 36.4 Å². The van der Waals surface area contributed by atoms with Crippen LogP contribution >= 0.6 is 0 Å². The number of amides is 1. The van der Waals surface area contributed by atoms with Crippen LogP contribution in [0.3, 0.4) is 0 Å². The Bertz CT molecular complexity index is 814. The lowest BCUT2D eigenvalue weighted by Gasteiger charge is -2.11. The van der Waals surface area contributed by atoms with Gasteiger partial charge in [0, 0.05) is 11.8 Å². The number of benzene rings is 2. The van der Waals surface area contributed by atoms with E-state index in [0.717, 1.165) is 6.26 Å². The Kier molecular flexibility index (Phi) is 3.99. The second-order valence-electron chi connectivity index (χ2n) is 4.41. The monoisotopic (exact) mass is 305 g/mol. The summed E-state index contributed by atoms with van der Waals surface area (Å²) in [5, 5.41) is 0. The Balaban J connectivity index is 2.83. The molecule has 0 radical (unpaired) electrons. The molecule has 0 aliphatic carbocycles. The minimum Gasteiger partial charge on any atom is -0.267 e. The average molecular weight is 305 g/mol. The number of hydrogen-bond acceptors (Lipinski definition) is 3. The molecule has 0 saturated carbocycles. The molecular formula is C15H12FNO3S. The van der Waals surface area contributed by atoms with Gasteiger partial charge < -0.3 is 0 Å². The summed E-state index contributed by atoms with van der Waals surface area (Å²) in [6.45, 7) is 3.03. The molecule has 108 valence electrons. The number of aliphatic imine (C=N–C) groups is 1. The highest BCUT2D eigenvalue weighted by molar-refractivity contribution is 7.90. The fourth-order valence-corrected chi connectivity index (χ4v) is 3.03. The van der Waals surface area contributed by atoms with E-state index in [4.69, 9.17) is 0 Å². The van der Waals surface area contributed by atoms with Gasteiger partial charge in [0.15, 0.2) is 15.7 Å². The molecule has 0 unspecified atom stereocenters. The number of carbonyl (C=O) groups is 1. The predicted molar refractivity (Wildman–Crippen MR) is 78.8 cm³/mol. The number of rotatable bonds is 3. The van der Waals surface area contributed by atoms with E-state index in [1.807, 2.05) is 0 Å². The van der Waals surface area contributed by atoms with Gasteiger partial charge in [0.2, 0.25) is 0 Å². The van der Waals surface area contributed by atoms with Crippen LogP contribution in [0.5, 0.6) is 0 Å². The third kappa shape index (κ3) is 2.90. The number of hydrogen-bond donors (Lipinski definition) is 0. The third-order valence-corrected chi connectivity index (χ3v) is 4.07. The number of nitrogens with zero attached hydrogens (tertiary/aromatic N) is 1. The molecular weight excluding hydrogens is 293 g/mol. The molecule has 0 spiro atoms. The lowest BCUT2D eigenvalue weighted by Crippen LogP contribution is -2.09. The van der Waals surface area contributed by atoms with Crippen molar-refractivity contribution in [3.63, 3.8) is 0 Å². The number of halogens is 1. The van der Waals surface area contributed by atoms with Crippen molar-refractivity contribution in [2.24, 2.45) is 4.99 Å². The lowest BCUT2D eigenvalue weighted by molar-refractivity contribution is 0.0999. The van der Waals surface area contributed by atoms with E-state index in [2.05, 4.69) is 11.7 Å². The maximum Gasteiger partial charge on any atom is 0.279 e. The molecule has 0 N–H and O–H groups in total. The maximum absolute atomic E-state index is 14.5. The largest absolute Gasteiger partial charge is 0.279 e. The van der Waals surface area contributed by atoms with Gasteiger partial charge >= 0.3 is 0 Å². The van der Waals surface area contributed by atoms with Crippen molar-refractivity contribution in [1.82, 2.24) is 0 Å². The van der Waals surface area contributed by atoms with Crippen LogP contribution in [0, 0.1) is 5.82 Å². The summed E-state index contributed by atoms with van der Waals surface area (Å²) < 4.78 is 38.3. The van der Waals surface area contributed by atoms with E-state index >= 15 is 0 Å². The van der Waals surface area contributed by atoms with Gasteiger partial charge in [0.1, 0.15) is 4.90 Å². The molecule has 1 amide bonds. The average Bonchev–Trinajstić information content (AvgIpc) is 2.45. The fraction of sp³-hybridized carbons (Fsp3) is 0.0667. The Labute approximate surface area is 121 Å². The van der Waals surface area contributed by atoms with Gasteiger partial charge in [0.05, 0.1) is 5.56 Å². The van der Waals surface area contributed by atoms with Crippen LogP contribution in [0.1, 0.15) is 10.4 Å². The van der Waals surface area contributed by atoms with Gasteiger partial charge in [-0.25, -0.2) is 17.8 Å². The third-order valence-electron chi connectivity index (χ3n) is 2.93. The molecule has 0 atom stereocenters. The van der Waals surface area contributed by atoms with Crippen LogP contribution < -0.4 is 0 Å². The van der Waals surface area contributed by atoms with Crippen LogP contribution in [0.4, 0.5) is 4.39 Å². The van der Waals surface area contributed by atoms with Crippen molar-refractivity contribution < 1.29 is 17.6 Å². The summed E-state index contributed by atoms with van der Waals surface area (Å²) in [5.74, 6) is -2.01. The Hall–Kier alpha value is -2.34. The zero-order chi connectivity index (χ0) is 15.6. The van der Waals surface area contributed by atoms with Gasteiger partial charge in [-0.2, -0.15) is 0 Å². The SMILES string of the molecule is C=NC(=O)c1ccc(-c2ccccc2)c(S(C)(=O)=O)c1F. The van der Waals surface area contributed by atoms with E-state index in [0.29, 0.717) is 5.56 Å². The van der Waals surface area contributed by atoms with Gasteiger partial charge in [0.25, 0.3) is 5.91 Å². The van der Waals surface area contributed by atoms with Crippen molar-refractivity contribution in [1.29, 1.82) is 0 Å². The molecule has 0 aliphatic heterocycles. The normalized spacial score (nSPS) is 11.1. The Morgan fingerprint density at radius 1 is 1.14 bits per heavy atom. The molecule has 0 bridgehead atoms. The molecule has 2 aromatic carbocycles. The lowest BCUT2D eigenvalue weighted by atomic mass is 10.0. The standard InChI is InChI=1S/C15H12FNO3S/c1-17-15(18)12-9-8-11(10-6-4-3-5-7-10)14(13(12)16)21(2,19)20/h3-9H,1H2,2H3. The van der Waals surface area contributed by atoms with E-state index in [1.165, 1.54) is 12.1 Å². The van der Waals surface area contributed by atoms with Gasteiger partial charge in [-0.3, -0.25) is 4.79 Å². The first kappa shape index (κ1) is 15.1. The molecule has 0 fully saturated rings. The summed E-state index contributed by atoms with van der Waals surface area (Å²) in [4.78, 5) is 14.1. The second kappa shape index (κ2) is 5.57. The van der Waals surface area contributed by atoms with Crippen molar-refractivity contribution in [3.8, 4) is 11.1 Å². The number of carbonyl (C=O) groups excluding carboxylic acids is 1. The minimum atomic E-state index is -3.87. The Morgan fingerprint density at radius 3 is 2.29 bits per heavy atom. The van der Waals surface area contributed by atoms with Crippen molar-refractivity contribution in [2.75, 3.05) is 6.26 Å².